The summed E-state index contributed by atoms with van der Waals surface area (Å²) < 4.78 is 9.73. The van der Waals surface area contributed by atoms with Gasteiger partial charge in [-0.1, -0.05) is 24.3 Å². The molecule has 0 saturated carbocycles. The van der Waals surface area contributed by atoms with Crippen LogP contribution in [0.2, 0.25) is 0 Å². The van der Waals surface area contributed by atoms with E-state index in [0.29, 0.717) is 0 Å². The van der Waals surface area contributed by atoms with E-state index in [2.05, 4.69) is 50.3 Å². The van der Waals surface area contributed by atoms with Crippen LogP contribution < -0.4 is 0 Å². The maximum absolute atomic E-state index is 5.44. The molecule has 0 aliphatic heterocycles. The molecule has 5 nitrogen and oxygen atoms in total. The molecule has 0 saturated heterocycles. The molecule has 0 atom stereocenters. The van der Waals surface area contributed by atoms with Gasteiger partial charge < -0.3 is 13.6 Å². The summed E-state index contributed by atoms with van der Waals surface area (Å²) in [5.41, 5.74) is 3.31. The van der Waals surface area contributed by atoms with Crippen LogP contribution in [-0.2, 0) is 13.1 Å². The van der Waals surface area contributed by atoms with E-state index >= 15 is 0 Å². The van der Waals surface area contributed by atoms with E-state index in [0.717, 1.165) is 35.8 Å². The Balaban J connectivity index is 1.62. The van der Waals surface area contributed by atoms with Gasteiger partial charge in [0.05, 0.1) is 24.8 Å². The lowest BCUT2D eigenvalue weighted by Gasteiger charge is -2.10. The quantitative estimate of drug-likeness (QED) is 0.557. The van der Waals surface area contributed by atoms with Crippen LogP contribution in [0.1, 0.15) is 12.6 Å². The van der Waals surface area contributed by atoms with Gasteiger partial charge in [0.15, 0.2) is 0 Å². The maximum Gasteiger partial charge on any atom is 0.140 e. The summed E-state index contributed by atoms with van der Waals surface area (Å²) in [5.74, 6) is 1.82. The first-order valence-electron chi connectivity index (χ1n) is 7.99. The van der Waals surface area contributed by atoms with Crippen molar-refractivity contribution in [3.05, 3.63) is 73.3 Å². The molecule has 0 aliphatic rings. The van der Waals surface area contributed by atoms with Crippen molar-refractivity contribution in [2.24, 2.45) is 0 Å². The summed E-state index contributed by atoms with van der Waals surface area (Å²) in [5, 5.41) is 0. The van der Waals surface area contributed by atoms with Crippen molar-refractivity contribution in [2.75, 3.05) is 0 Å². The molecule has 0 N–H and O–H groups in total. The van der Waals surface area contributed by atoms with Gasteiger partial charge in [0.25, 0.3) is 0 Å². The second-order valence-electron chi connectivity index (χ2n) is 5.60. The number of hydrogen-bond acceptors (Lipinski definition) is 3. The number of rotatable bonds is 5. The van der Waals surface area contributed by atoms with Crippen molar-refractivity contribution in [3.63, 3.8) is 0 Å². The van der Waals surface area contributed by atoms with E-state index in [1.807, 2.05) is 37.1 Å². The average molecular weight is 318 g/mol. The van der Waals surface area contributed by atoms with Crippen LogP contribution in [-0.4, -0.2) is 19.1 Å². The molecule has 4 aromatic rings. The number of aryl methyl sites for hydroxylation is 1. The van der Waals surface area contributed by atoms with Gasteiger partial charge in [0.1, 0.15) is 11.6 Å². The number of hydrogen-bond donors (Lipinski definition) is 0. The first-order valence-corrected chi connectivity index (χ1v) is 7.99. The molecule has 5 heteroatoms. The van der Waals surface area contributed by atoms with E-state index < -0.39 is 0 Å². The molecule has 0 fully saturated rings. The van der Waals surface area contributed by atoms with Gasteiger partial charge in [-0.3, -0.25) is 0 Å². The Labute approximate surface area is 140 Å². The minimum Gasteiger partial charge on any atom is -0.464 e. The van der Waals surface area contributed by atoms with Crippen LogP contribution in [0, 0.1) is 0 Å². The molecule has 3 aromatic heterocycles. The molecular formula is C19H18N4O. The minimum atomic E-state index is 0.753. The van der Waals surface area contributed by atoms with Crippen LogP contribution in [0.5, 0.6) is 0 Å². The van der Waals surface area contributed by atoms with Crippen LogP contribution in [0.15, 0.2) is 72.0 Å². The Hall–Kier alpha value is -3.08. The molecule has 3 heterocycles. The number of imidazole rings is 2. The van der Waals surface area contributed by atoms with Gasteiger partial charge in [0, 0.05) is 36.3 Å². The van der Waals surface area contributed by atoms with E-state index in [1.165, 1.54) is 5.69 Å². The zero-order valence-electron chi connectivity index (χ0n) is 13.5. The second kappa shape index (κ2) is 6.20. The number of aromatic nitrogens is 4. The summed E-state index contributed by atoms with van der Waals surface area (Å²) in [6, 6.07) is 12.1. The zero-order chi connectivity index (χ0) is 16.4. The third-order valence-corrected chi connectivity index (χ3v) is 4.14. The highest BCUT2D eigenvalue weighted by Crippen LogP contribution is 2.24. The number of furan rings is 1. The molecule has 120 valence electrons. The first-order chi connectivity index (χ1) is 11.8. The number of nitrogens with zero attached hydrogens (tertiary/aromatic N) is 4. The van der Waals surface area contributed by atoms with Gasteiger partial charge in [-0.15, -0.1) is 0 Å². The van der Waals surface area contributed by atoms with E-state index in [1.54, 1.807) is 6.26 Å². The van der Waals surface area contributed by atoms with E-state index in [-0.39, 0.29) is 0 Å². The predicted octanol–water partition coefficient (Wildman–Crippen LogP) is 4.07. The normalized spacial score (nSPS) is 11.0. The van der Waals surface area contributed by atoms with Crippen LogP contribution in [0.3, 0.4) is 0 Å². The Bertz CT molecular complexity index is 917. The molecule has 0 amide bonds. The number of benzene rings is 1. The summed E-state index contributed by atoms with van der Waals surface area (Å²) in [4.78, 5) is 8.76. The second-order valence-corrected chi connectivity index (χ2v) is 5.60. The van der Waals surface area contributed by atoms with E-state index in [9.17, 15) is 0 Å². The summed E-state index contributed by atoms with van der Waals surface area (Å²) in [7, 11) is 0. The molecule has 0 bridgehead atoms. The summed E-state index contributed by atoms with van der Waals surface area (Å²) in [6.45, 7) is 3.79. The maximum atomic E-state index is 5.44. The highest BCUT2D eigenvalue weighted by atomic mass is 16.3. The molecule has 0 aliphatic carbocycles. The monoisotopic (exact) mass is 318 g/mol. The van der Waals surface area contributed by atoms with Crippen LogP contribution >= 0.6 is 0 Å². The molecule has 0 spiro atoms. The topological polar surface area (TPSA) is 48.8 Å². The predicted molar refractivity (Wildman–Crippen MR) is 92.4 cm³/mol. The Kier molecular flexibility index (Phi) is 3.75. The molecule has 1 aromatic carbocycles. The third-order valence-electron chi connectivity index (χ3n) is 4.14. The lowest BCUT2D eigenvalue weighted by atomic mass is 10.1. The molecule has 24 heavy (non-hydrogen) atoms. The van der Waals surface area contributed by atoms with Crippen molar-refractivity contribution < 1.29 is 4.42 Å². The lowest BCUT2D eigenvalue weighted by Crippen LogP contribution is -2.06. The zero-order valence-corrected chi connectivity index (χ0v) is 13.5. The van der Waals surface area contributed by atoms with Gasteiger partial charge in [-0.05, 0) is 19.1 Å². The summed E-state index contributed by atoms with van der Waals surface area (Å²) in [6.07, 6.45) is 9.30. The van der Waals surface area contributed by atoms with Gasteiger partial charge in [0.2, 0.25) is 0 Å². The van der Waals surface area contributed by atoms with Crippen LogP contribution in [0.4, 0.5) is 0 Å². The highest BCUT2D eigenvalue weighted by molar-refractivity contribution is 5.64. The standard InChI is InChI=1S/C19H18N4O/c1-2-22-14-20-12-17(22)13-23-10-9-21-19(23)16-7-5-15(6-8-16)18-4-3-11-24-18/h3-12,14H,2,13H2,1H3. The van der Waals surface area contributed by atoms with E-state index in [4.69, 9.17) is 4.42 Å². The third kappa shape index (κ3) is 2.65. The van der Waals surface area contributed by atoms with Gasteiger partial charge in [-0.25, -0.2) is 9.97 Å². The van der Waals surface area contributed by atoms with Gasteiger partial charge in [-0.2, -0.15) is 0 Å². The van der Waals surface area contributed by atoms with Crippen molar-refractivity contribution >= 4 is 0 Å². The average Bonchev–Trinajstić information content (AvgIpc) is 3.37. The molecular weight excluding hydrogens is 300 g/mol. The first kappa shape index (κ1) is 14.5. The molecule has 4 rings (SSSR count). The smallest absolute Gasteiger partial charge is 0.140 e. The minimum absolute atomic E-state index is 0.753. The Morgan fingerprint density at radius 3 is 2.62 bits per heavy atom. The van der Waals surface area contributed by atoms with Crippen molar-refractivity contribution in [2.45, 2.75) is 20.0 Å². The summed E-state index contributed by atoms with van der Waals surface area (Å²) >= 11 is 0. The van der Waals surface area contributed by atoms with Crippen LogP contribution in [0.25, 0.3) is 22.7 Å². The van der Waals surface area contributed by atoms with Crippen molar-refractivity contribution in [1.29, 1.82) is 0 Å². The lowest BCUT2D eigenvalue weighted by molar-refractivity contribution is 0.582. The molecule has 0 unspecified atom stereocenters. The fourth-order valence-electron chi connectivity index (χ4n) is 2.86. The fraction of sp³-hybridized carbons (Fsp3) is 0.158. The molecule has 0 radical (unpaired) electrons. The Morgan fingerprint density at radius 1 is 1.04 bits per heavy atom. The largest absolute Gasteiger partial charge is 0.464 e. The van der Waals surface area contributed by atoms with Gasteiger partial charge >= 0.3 is 0 Å². The Morgan fingerprint density at radius 2 is 1.88 bits per heavy atom. The van der Waals surface area contributed by atoms with Crippen molar-refractivity contribution in [3.8, 4) is 22.7 Å². The van der Waals surface area contributed by atoms with Crippen molar-refractivity contribution in [1.82, 2.24) is 19.1 Å². The highest BCUT2D eigenvalue weighted by Gasteiger charge is 2.09. The SMILES string of the molecule is CCn1cncc1Cn1ccnc1-c1ccc(-c2ccco2)cc1. The fourth-order valence-corrected chi connectivity index (χ4v) is 2.86.